The second kappa shape index (κ2) is 10.2. The summed E-state index contributed by atoms with van der Waals surface area (Å²) in [6, 6.07) is 23.8. The highest BCUT2D eigenvalue weighted by molar-refractivity contribution is 6.10. The SMILES string of the molecule is COC(C)c1cccc(NCC(=O)Nc2ccccc2C(=O)Nc2ccccc2)c1. The lowest BCUT2D eigenvalue weighted by atomic mass is 10.1. The van der Waals surface area contributed by atoms with Gasteiger partial charge in [0.25, 0.3) is 5.91 Å². The number of para-hydroxylation sites is 2. The van der Waals surface area contributed by atoms with Crippen LogP contribution < -0.4 is 16.0 Å². The Hall–Kier alpha value is -3.64. The van der Waals surface area contributed by atoms with E-state index in [9.17, 15) is 9.59 Å². The molecule has 0 radical (unpaired) electrons. The maximum atomic E-state index is 12.6. The first-order valence-electron chi connectivity index (χ1n) is 9.68. The molecule has 0 heterocycles. The number of rotatable bonds is 8. The zero-order chi connectivity index (χ0) is 21.3. The summed E-state index contributed by atoms with van der Waals surface area (Å²) in [5.74, 6) is -0.536. The number of benzene rings is 3. The van der Waals surface area contributed by atoms with Crippen LogP contribution in [0.3, 0.4) is 0 Å². The largest absolute Gasteiger partial charge is 0.377 e. The van der Waals surface area contributed by atoms with Crippen LogP contribution in [0.25, 0.3) is 0 Å². The van der Waals surface area contributed by atoms with E-state index in [1.54, 1.807) is 31.4 Å². The number of anilines is 3. The van der Waals surface area contributed by atoms with E-state index in [4.69, 9.17) is 4.74 Å². The molecule has 0 spiro atoms. The van der Waals surface area contributed by atoms with E-state index in [0.717, 1.165) is 11.3 Å². The minimum absolute atomic E-state index is 0.0319. The monoisotopic (exact) mass is 403 g/mol. The van der Waals surface area contributed by atoms with Crippen molar-refractivity contribution in [2.24, 2.45) is 0 Å². The van der Waals surface area contributed by atoms with Crippen molar-refractivity contribution in [2.45, 2.75) is 13.0 Å². The summed E-state index contributed by atoms with van der Waals surface area (Å²) in [5, 5.41) is 8.75. The van der Waals surface area contributed by atoms with Crippen molar-refractivity contribution >= 4 is 28.9 Å². The van der Waals surface area contributed by atoms with Crippen LogP contribution in [0, 0.1) is 0 Å². The van der Waals surface area contributed by atoms with E-state index in [0.29, 0.717) is 16.9 Å². The number of amides is 2. The summed E-state index contributed by atoms with van der Waals surface area (Å²) in [4.78, 5) is 25.1. The average Bonchev–Trinajstić information content (AvgIpc) is 2.78. The number of ether oxygens (including phenoxy) is 1. The molecule has 1 atom stereocenters. The fourth-order valence-corrected chi connectivity index (χ4v) is 2.92. The fraction of sp³-hybridized carbons (Fsp3) is 0.167. The van der Waals surface area contributed by atoms with Crippen LogP contribution in [0.5, 0.6) is 0 Å². The highest BCUT2D eigenvalue weighted by Crippen LogP contribution is 2.20. The number of nitrogens with one attached hydrogen (secondary N) is 3. The van der Waals surface area contributed by atoms with Gasteiger partial charge in [-0.2, -0.15) is 0 Å². The van der Waals surface area contributed by atoms with Crippen molar-refractivity contribution < 1.29 is 14.3 Å². The molecule has 0 saturated heterocycles. The Kier molecular flexibility index (Phi) is 7.19. The van der Waals surface area contributed by atoms with E-state index in [1.807, 2.05) is 61.5 Å². The van der Waals surface area contributed by atoms with Crippen molar-refractivity contribution in [1.29, 1.82) is 0 Å². The Morgan fingerprint density at radius 2 is 1.57 bits per heavy atom. The number of hydrogen-bond acceptors (Lipinski definition) is 4. The van der Waals surface area contributed by atoms with Gasteiger partial charge in [0.15, 0.2) is 0 Å². The van der Waals surface area contributed by atoms with Gasteiger partial charge in [0, 0.05) is 18.5 Å². The van der Waals surface area contributed by atoms with Gasteiger partial charge in [-0.05, 0) is 48.9 Å². The Balaban J connectivity index is 1.63. The molecule has 2 amide bonds. The molecule has 154 valence electrons. The third kappa shape index (κ3) is 5.68. The molecule has 0 bridgehead atoms. The molecule has 0 aliphatic rings. The second-order valence-corrected chi connectivity index (χ2v) is 6.77. The van der Waals surface area contributed by atoms with Gasteiger partial charge in [0.05, 0.1) is 23.9 Å². The molecule has 0 fully saturated rings. The molecule has 3 rings (SSSR count). The minimum Gasteiger partial charge on any atom is -0.377 e. The summed E-state index contributed by atoms with van der Waals surface area (Å²) < 4.78 is 5.33. The molecule has 6 heteroatoms. The van der Waals surface area contributed by atoms with Crippen molar-refractivity contribution in [1.82, 2.24) is 0 Å². The first-order chi connectivity index (χ1) is 14.6. The van der Waals surface area contributed by atoms with Crippen molar-refractivity contribution in [3.63, 3.8) is 0 Å². The highest BCUT2D eigenvalue weighted by atomic mass is 16.5. The molecule has 0 aliphatic heterocycles. The first kappa shape index (κ1) is 21.1. The maximum absolute atomic E-state index is 12.6. The Bertz CT molecular complexity index is 1010. The number of carbonyl (C=O) groups excluding carboxylic acids is 2. The lowest BCUT2D eigenvalue weighted by molar-refractivity contribution is -0.114. The van der Waals surface area contributed by atoms with E-state index in [2.05, 4.69) is 16.0 Å². The van der Waals surface area contributed by atoms with Gasteiger partial charge >= 0.3 is 0 Å². The maximum Gasteiger partial charge on any atom is 0.257 e. The van der Waals surface area contributed by atoms with Crippen molar-refractivity contribution in [3.05, 3.63) is 90.0 Å². The molecule has 3 N–H and O–H groups in total. The van der Waals surface area contributed by atoms with Crippen LogP contribution in [0.4, 0.5) is 17.1 Å². The van der Waals surface area contributed by atoms with Gasteiger partial charge in [-0.3, -0.25) is 9.59 Å². The Morgan fingerprint density at radius 1 is 0.867 bits per heavy atom. The second-order valence-electron chi connectivity index (χ2n) is 6.77. The third-order valence-corrected chi connectivity index (χ3v) is 4.64. The van der Waals surface area contributed by atoms with Crippen LogP contribution >= 0.6 is 0 Å². The van der Waals surface area contributed by atoms with Crippen molar-refractivity contribution in [3.8, 4) is 0 Å². The van der Waals surface area contributed by atoms with E-state index in [-0.39, 0.29) is 24.5 Å². The molecule has 1 unspecified atom stereocenters. The Morgan fingerprint density at radius 3 is 2.33 bits per heavy atom. The summed E-state index contributed by atoms with van der Waals surface area (Å²) in [6.45, 7) is 2.03. The molecule has 3 aromatic rings. The highest BCUT2D eigenvalue weighted by Gasteiger charge is 2.13. The van der Waals surface area contributed by atoms with Crippen LogP contribution in [-0.4, -0.2) is 25.5 Å². The zero-order valence-corrected chi connectivity index (χ0v) is 17.0. The van der Waals surface area contributed by atoms with Crippen LogP contribution in [0.2, 0.25) is 0 Å². The van der Waals surface area contributed by atoms with Crippen LogP contribution in [0.1, 0.15) is 28.9 Å². The molecular weight excluding hydrogens is 378 g/mol. The molecule has 3 aromatic carbocycles. The fourth-order valence-electron chi connectivity index (χ4n) is 2.92. The summed E-state index contributed by atoms with van der Waals surface area (Å²) in [7, 11) is 1.66. The molecule has 0 aliphatic carbocycles. The molecular formula is C24H25N3O3. The lowest BCUT2D eigenvalue weighted by Crippen LogP contribution is -2.24. The predicted octanol–water partition coefficient (Wildman–Crippen LogP) is 4.70. The van der Waals surface area contributed by atoms with Gasteiger partial charge in [0.1, 0.15) is 0 Å². The average molecular weight is 403 g/mol. The smallest absolute Gasteiger partial charge is 0.257 e. The standard InChI is InChI=1S/C24H25N3O3/c1-17(30-2)18-9-8-12-20(15-18)25-16-23(28)27-22-14-7-6-13-21(22)24(29)26-19-10-4-3-5-11-19/h3-15,17,25H,16H2,1-2H3,(H,26,29)(H,27,28). The van der Waals surface area contributed by atoms with Crippen LogP contribution in [0.15, 0.2) is 78.9 Å². The van der Waals surface area contributed by atoms with Gasteiger partial charge in [-0.1, -0.05) is 42.5 Å². The number of hydrogen-bond donors (Lipinski definition) is 3. The normalized spacial score (nSPS) is 11.4. The van der Waals surface area contributed by atoms with Crippen LogP contribution in [-0.2, 0) is 9.53 Å². The van der Waals surface area contributed by atoms with Gasteiger partial charge in [-0.25, -0.2) is 0 Å². The van der Waals surface area contributed by atoms with Gasteiger partial charge in [0.2, 0.25) is 5.91 Å². The summed E-state index contributed by atoms with van der Waals surface area (Å²) in [6.07, 6.45) is -0.0319. The predicted molar refractivity (Wildman–Crippen MR) is 120 cm³/mol. The van der Waals surface area contributed by atoms with E-state index in [1.165, 1.54) is 0 Å². The van der Waals surface area contributed by atoms with Gasteiger partial charge in [-0.15, -0.1) is 0 Å². The zero-order valence-electron chi connectivity index (χ0n) is 17.0. The molecule has 0 aromatic heterocycles. The number of carbonyl (C=O) groups is 2. The quantitative estimate of drug-likeness (QED) is 0.509. The van der Waals surface area contributed by atoms with E-state index < -0.39 is 0 Å². The first-order valence-corrected chi connectivity index (χ1v) is 9.68. The topological polar surface area (TPSA) is 79.5 Å². The summed E-state index contributed by atoms with van der Waals surface area (Å²) >= 11 is 0. The number of methoxy groups -OCH3 is 1. The van der Waals surface area contributed by atoms with Crippen molar-refractivity contribution in [2.75, 3.05) is 29.6 Å². The van der Waals surface area contributed by atoms with E-state index >= 15 is 0 Å². The Labute approximate surface area is 176 Å². The third-order valence-electron chi connectivity index (χ3n) is 4.64. The summed E-state index contributed by atoms with van der Waals surface area (Å²) in [5.41, 5.74) is 3.38. The molecule has 6 nitrogen and oxygen atoms in total. The minimum atomic E-state index is -0.286. The van der Waals surface area contributed by atoms with Gasteiger partial charge < -0.3 is 20.7 Å². The molecule has 30 heavy (non-hydrogen) atoms. The lowest BCUT2D eigenvalue weighted by Gasteiger charge is -2.14. The molecule has 0 saturated carbocycles.